The van der Waals surface area contributed by atoms with Crippen LogP contribution in [0.5, 0.6) is 0 Å². The fourth-order valence-electron chi connectivity index (χ4n) is 1.67. The Morgan fingerprint density at radius 3 is 2.25 bits per heavy atom. The molecule has 2 nitrogen and oxygen atoms in total. The molecule has 1 aromatic heterocycles. The van der Waals surface area contributed by atoms with Crippen molar-refractivity contribution in [2.45, 2.75) is 18.6 Å². The van der Waals surface area contributed by atoms with Crippen LogP contribution >= 0.6 is 11.3 Å². The van der Waals surface area contributed by atoms with Crippen molar-refractivity contribution in [3.05, 3.63) is 51.5 Å². The summed E-state index contributed by atoms with van der Waals surface area (Å²) >= 11 is 0.427. The first-order chi connectivity index (χ1) is 9.25. The third-order valence-corrected chi connectivity index (χ3v) is 3.68. The van der Waals surface area contributed by atoms with Crippen molar-refractivity contribution >= 4 is 11.3 Å². The highest BCUT2D eigenvalue weighted by molar-refractivity contribution is 7.11. The molecule has 0 amide bonds. The smallest absolute Gasteiger partial charge is 0.323 e. The summed E-state index contributed by atoms with van der Waals surface area (Å²) in [7, 11) is 0. The van der Waals surface area contributed by atoms with E-state index < -0.39 is 28.9 Å². The number of rotatable bonds is 3. The summed E-state index contributed by atoms with van der Waals surface area (Å²) in [6.45, 7) is 0. The molecule has 1 unspecified atom stereocenters. The molecule has 1 heterocycles. The Kier molecular flexibility index (Phi) is 4.05. The fourth-order valence-corrected chi connectivity index (χ4v) is 2.46. The number of hydrogen-bond donors (Lipinski definition) is 1. The first-order valence-electron chi connectivity index (χ1n) is 5.49. The number of alkyl halides is 3. The zero-order valence-electron chi connectivity index (χ0n) is 9.92. The lowest BCUT2D eigenvalue weighted by Crippen LogP contribution is -2.12. The first-order valence-corrected chi connectivity index (χ1v) is 6.31. The SMILES string of the molecule is NC(Cc1cc(F)cc(F)c1)c1cnc(C(F)(F)F)s1. The summed E-state index contributed by atoms with van der Waals surface area (Å²) in [5.74, 6) is -1.51. The standard InChI is InChI=1S/C12H9F5N2S/c13-7-1-6(2-8(14)4-7)3-9(18)10-5-19-11(20-10)12(15,16)17/h1-2,4-5,9H,3,18H2. The van der Waals surface area contributed by atoms with Crippen LogP contribution in [0.2, 0.25) is 0 Å². The largest absolute Gasteiger partial charge is 0.443 e. The minimum Gasteiger partial charge on any atom is -0.323 e. The molecule has 0 saturated heterocycles. The lowest BCUT2D eigenvalue weighted by molar-refractivity contribution is -0.137. The number of hydrogen-bond acceptors (Lipinski definition) is 3. The van der Waals surface area contributed by atoms with Gasteiger partial charge in [-0.25, -0.2) is 13.8 Å². The molecule has 1 aromatic carbocycles. The van der Waals surface area contributed by atoms with E-state index in [0.29, 0.717) is 17.4 Å². The van der Waals surface area contributed by atoms with E-state index >= 15 is 0 Å². The molecule has 0 saturated carbocycles. The molecule has 20 heavy (non-hydrogen) atoms. The average Bonchev–Trinajstić information content (AvgIpc) is 2.75. The highest BCUT2D eigenvalue weighted by atomic mass is 32.1. The van der Waals surface area contributed by atoms with Gasteiger partial charge >= 0.3 is 6.18 Å². The normalized spacial score (nSPS) is 13.5. The van der Waals surface area contributed by atoms with E-state index in [1.807, 2.05) is 0 Å². The van der Waals surface area contributed by atoms with Gasteiger partial charge in [0.2, 0.25) is 0 Å². The van der Waals surface area contributed by atoms with Crippen LogP contribution in [0.25, 0.3) is 0 Å². The van der Waals surface area contributed by atoms with Crippen molar-refractivity contribution in [3.63, 3.8) is 0 Å². The number of thiazole rings is 1. The van der Waals surface area contributed by atoms with Crippen molar-refractivity contribution in [1.29, 1.82) is 0 Å². The summed E-state index contributed by atoms with van der Waals surface area (Å²) in [5.41, 5.74) is 6.02. The van der Waals surface area contributed by atoms with Crippen LogP contribution in [0.1, 0.15) is 21.5 Å². The third kappa shape index (κ3) is 3.51. The zero-order chi connectivity index (χ0) is 14.9. The van der Waals surface area contributed by atoms with Gasteiger partial charge in [0.05, 0.1) is 0 Å². The second-order valence-corrected chi connectivity index (χ2v) is 5.22. The van der Waals surface area contributed by atoms with Gasteiger partial charge in [-0.05, 0) is 24.1 Å². The van der Waals surface area contributed by atoms with Crippen LogP contribution in [0.4, 0.5) is 22.0 Å². The molecule has 0 aliphatic heterocycles. The van der Waals surface area contributed by atoms with Crippen LogP contribution in [-0.2, 0) is 12.6 Å². The number of nitrogens with two attached hydrogens (primary N) is 1. The third-order valence-electron chi connectivity index (χ3n) is 2.51. The van der Waals surface area contributed by atoms with Crippen molar-refractivity contribution in [2.24, 2.45) is 5.73 Å². The Bertz CT molecular complexity index is 588. The molecule has 0 spiro atoms. The molecule has 0 aliphatic carbocycles. The van der Waals surface area contributed by atoms with Gasteiger partial charge in [-0.1, -0.05) is 0 Å². The fraction of sp³-hybridized carbons (Fsp3) is 0.250. The summed E-state index contributed by atoms with van der Waals surface area (Å²) in [5, 5.41) is -0.992. The molecule has 2 aromatic rings. The number of aromatic nitrogens is 1. The maximum Gasteiger partial charge on any atom is 0.443 e. The van der Waals surface area contributed by atoms with Gasteiger partial charge in [0.25, 0.3) is 0 Å². The predicted molar refractivity (Wildman–Crippen MR) is 64.1 cm³/mol. The highest BCUT2D eigenvalue weighted by Crippen LogP contribution is 2.34. The number of nitrogens with zero attached hydrogens (tertiary/aromatic N) is 1. The van der Waals surface area contributed by atoms with Gasteiger partial charge in [-0.15, -0.1) is 11.3 Å². The van der Waals surface area contributed by atoms with Gasteiger partial charge in [0.15, 0.2) is 5.01 Å². The Labute approximate surface area is 115 Å². The molecular formula is C12H9F5N2S. The minimum atomic E-state index is -4.52. The summed E-state index contributed by atoms with van der Waals surface area (Å²) in [6, 6.07) is 2.09. The van der Waals surface area contributed by atoms with E-state index in [9.17, 15) is 22.0 Å². The van der Waals surface area contributed by atoms with Gasteiger partial charge in [-0.2, -0.15) is 13.2 Å². The van der Waals surface area contributed by atoms with Gasteiger partial charge < -0.3 is 5.73 Å². The molecule has 0 radical (unpaired) electrons. The van der Waals surface area contributed by atoms with Crippen LogP contribution in [0.15, 0.2) is 24.4 Å². The maximum atomic E-state index is 13.0. The van der Waals surface area contributed by atoms with Crippen LogP contribution in [0, 0.1) is 11.6 Å². The molecule has 0 bridgehead atoms. The molecular weight excluding hydrogens is 299 g/mol. The average molecular weight is 308 g/mol. The number of benzene rings is 1. The first kappa shape index (κ1) is 14.9. The van der Waals surface area contributed by atoms with E-state index in [0.717, 1.165) is 18.3 Å². The predicted octanol–water partition coefficient (Wildman–Crippen LogP) is 3.68. The van der Waals surface area contributed by atoms with Gasteiger partial charge in [-0.3, -0.25) is 0 Å². The number of halogens is 5. The van der Waals surface area contributed by atoms with Crippen molar-refractivity contribution in [1.82, 2.24) is 4.98 Å². The Morgan fingerprint density at radius 1 is 1.15 bits per heavy atom. The summed E-state index contributed by atoms with van der Waals surface area (Å²) in [4.78, 5) is 3.46. The second kappa shape index (κ2) is 5.45. The second-order valence-electron chi connectivity index (χ2n) is 4.15. The van der Waals surface area contributed by atoms with Crippen LogP contribution in [-0.4, -0.2) is 4.98 Å². The molecule has 2 rings (SSSR count). The van der Waals surface area contributed by atoms with Crippen LogP contribution in [0.3, 0.4) is 0 Å². The Balaban J connectivity index is 2.15. The molecule has 0 fully saturated rings. The zero-order valence-corrected chi connectivity index (χ0v) is 10.7. The molecule has 108 valence electrons. The van der Waals surface area contributed by atoms with E-state index in [2.05, 4.69) is 4.98 Å². The van der Waals surface area contributed by atoms with Crippen LogP contribution < -0.4 is 5.73 Å². The van der Waals surface area contributed by atoms with E-state index in [4.69, 9.17) is 5.73 Å². The maximum absolute atomic E-state index is 13.0. The molecule has 1 atom stereocenters. The lowest BCUT2D eigenvalue weighted by Gasteiger charge is -2.09. The van der Waals surface area contributed by atoms with Crippen molar-refractivity contribution < 1.29 is 22.0 Å². The highest BCUT2D eigenvalue weighted by Gasteiger charge is 2.35. The lowest BCUT2D eigenvalue weighted by atomic mass is 10.1. The minimum absolute atomic E-state index is 0.0220. The quantitative estimate of drug-likeness (QED) is 0.879. The Hall–Kier alpha value is -1.54. The molecule has 8 heteroatoms. The molecule has 0 aliphatic rings. The topological polar surface area (TPSA) is 38.9 Å². The summed E-state index contributed by atoms with van der Waals surface area (Å²) in [6.07, 6.45) is -3.46. The van der Waals surface area contributed by atoms with Crippen molar-refractivity contribution in [3.8, 4) is 0 Å². The van der Waals surface area contributed by atoms with E-state index in [1.54, 1.807) is 0 Å². The summed E-state index contributed by atoms with van der Waals surface area (Å²) < 4.78 is 63.2. The van der Waals surface area contributed by atoms with Gasteiger partial charge in [0.1, 0.15) is 11.6 Å². The van der Waals surface area contributed by atoms with Gasteiger partial charge in [0, 0.05) is 23.2 Å². The monoisotopic (exact) mass is 308 g/mol. The molecule has 2 N–H and O–H groups in total. The van der Waals surface area contributed by atoms with E-state index in [-0.39, 0.29) is 16.9 Å². The van der Waals surface area contributed by atoms with E-state index in [1.165, 1.54) is 0 Å². The Morgan fingerprint density at radius 2 is 1.75 bits per heavy atom. The van der Waals surface area contributed by atoms with Crippen molar-refractivity contribution in [2.75, 3.05) is 0 Å².